The van der Waals surface area contributed by atoms with Gasteiger partial charge in [-0.3, -0.25) is 0 Å². The van der Waals surface area contributed by atoms with Crippen LogP contribution in [0.2, 0.25) is 0 Å². The lowest BCUT2D eigenvalue weighted by molar-refractivity contribution is 0.350. The van der Waals surface area contributed by atoms with Crippen LogP contribution in [0, 0.1) is 17.8 Å². The third-order valence-electron chi connectivity index (χ3n) is 3.76. The maximum Gasteiger partial charge on any atom is 0.243 e. The van der Waals surface area contributed by atoms with E-state index in [1.54, 1.807) is 28.6 Å². The van der Waals surface area contributed by atoms with E-state index in [1.807, 2.05) is 0 Å². The predicted molar refractivity (Wildman–Crippen MR) is 82.2 cm³/mol. The number of sulfonamides is 1. The van der Waals surface area contributed by atoms with Crippen LogP contribution in [0.15, 0.2) is 29.2 Å². The van der Waals surface area contributed by atoms with E-state index in [9.17, 15) is 8.42 Å². The fraction of sp³-hybridized carbons (Fsp3) is 0.500. The molecule has 1 fully saturated rings. The van der Waals surface area contributed by atoms with Crippen LogP contribution in [0.1, 0.15) is 31.7 Å². The predicted octanol–water partition coefficient (Wildman–Crippen LogP) is 1.84. The van der Waals surface area contributed by atoms with Crippen molar-refractivity contribution in [3.63, 3.8) is 0 Å². The van der Waals surface area contributed by atoms with Crippen molar-refractivity contribution in [1.29, 1.82) is 0 Å². The van der Waals surface area contributed by atoms with Gasteiger partial charge in [0.1, 0.15) is 6.61 Å². The van der Waals surface area contributed by atoms with Crippen LogP contribution in [-0.4, -0.2) is 37.5 Å². The van der Waals surface area contributed by atoms with Gasteiger partial charge in [0.05, 0.1) is 4.90 Å². The van der Waals surface area contributed by atoms with E-state index in [0.29, 0.717) is 24.6 Å². The molecule has 1 aromatic rings. The molecule has 1 atom stereocenters. The molecule has 0 bridgehead atoms. The van der Waals surface area contributed by atoms with Crippen molar-refractivity contribution in [2.24, 2.45) is 5.92 Å². The SMILES string of the molecule is CC1CCCN(S(=O)(=O)c2cccc(C#CCO)c2)CC1. The molecular formula is C16H21NO3S. The van der Waals surface area contributed by atoms with Gasteiger partial charge < -0.3 is 5.11 Å². The number of hydrogen-bond donors (Lipinski definition) is 1. The van der Waals surface area contributed by atoms with Crippen LogP contribution >= 0.6 is 0 Å². The lowest BCUT2D eigenvalue weighted by Gasteiger charge is -2.20. The van der Waals surface area contributed by atoms with E-state index in [-0.39, 0.29) is 11.5 Å². The summed E-state index contributed by atoms with van der Waals surface area (Å²) in [6.07, 6.45) is 2.89. The number of hydrogen-bond acceptors (Lipinski definition) is 3. The minimum atomic E-state index is -3.45. The molecule has 0 aromatic heterocycles. The Balaban J connectivity index is 2.26. The smallest absolute Gasteiger partial charge is 0.243 e. The Bertz CT molecular complexity index is 643. The average Bonchev–Trinajstić information content (AvgIpc) is 2.70. The normalized spacial score (nSPS) is 20.4. The van der Waals surface area contributed by atoms with Crippen LogP contribution in [0.5, 0.6) is 0 Å². The number of benzene rings is 1. The molecule has 0 radical (unpaired) electrons. The minimum Gasteiger partial charge on any atom is -0.384 e. The molecule has 1 aliphatic heterocycles. The molecule has 0 saturated carbocycles. The third-order valence-corrected chi connectivity index (χ3v) is 5.65. The maximum absolute atomic E-state index is 12.7. The Morgan fingerprint density at radius 3 is 2.90 bits per heavy atom. The van der Waals surface area contributed by atoms with Gasteiger partial charge in [-0.25, -0.2) is 8.42 Å². The first-order valence-electron chi connectivity index (χ1n) is 7.24. The Morgan fingerprint density at radius 1 is 1.33 bits per heavy atom. The van der Waals surface area contributed by atoms with Gasteiger partial charge in [-0.15, -0.1) is 0 Å². The van der Waals surface area contributed by atoms with E-state index >= 15 is 0 Å². The largest absolute Gasteiger partial charge is 0.384 e. The molecule has 0 spiro atoms. The summed E-state index contributed by atoms with van der Waals surface area (Å²) >= 11 is 0. The van der Waals surface area contributed by atoms with Gasteiger partial charge in [0, 0.05) is 18.7 Å². The van der Waals surface area contributed by atoms with Gasteiger partial charge >= 0.3 is 0 Å². The summed E-state index contributed by atoms with van der Waals surface area (Å²) in [7, 11) is -3.45. The number of nitrogens with zero attached hydrogens (tertiary/aromatic N) is 1. The zero-order valence-corrected chi connectivity index (χ0v) is 13.1. The molecule has 2 rings (SSSR count). The Labute approximate surface area is 126 Å². The van der Waals surface area contributed by atoms with Crippen LogP contribution in [0.25, 0.3) is 0 Å². The van der Waals surface area contributed by atoms with Crippen LogP contribution in [0.4, 0.5) is 0 Å². The summed E-state index contributed by atoms with van der Waals surface area (Å²) in [5, 5.41) is 8.72. The molecule has 5 heteroatoms. The van der Waals surface area contributed by atoms with E-state index in [4.69, 9.17) is 5.11 Å². The first kappa shape index (κ1) is 16.0. The topological polar surface area (TPSA) is 57.6 Å². The molecule has 21 heavy (non-hydrogen) atoms. The van der Waals surface area contributed by atoms with Crippen LogP contribution in [0.3, 0.4) is 0 Å². The van der Waals surface area contributed by atoms with E-state index in [2.05, 4.69) is 18.8 Å². The second-order valence-corrected chi connectivity index (χ2v) is 7.37. The second-order valence-electron chi connectivity index (χ2n) is 5.43. The minimum absolute atomic E-state index is 0.235. The van der Waals surface area contributed by atoms with Crippen molar-refractivity contribution in [3.8, 4) is 11.8 Å². The average molecular weight is 307 g/mol. The Kier molecular flexibility index (Phi) is 5.40. The monoisotopic (exact) mass is 307 g/mol. The number of rotatable bonds is 2. The fourth-order valence-corrected chi connectivity index (χ4v) is 4.04. The highest BCUT2D eigenvalue weighted by Crippen LogP contribution is 2.23. The molecule has 114 valence electrons. The number of aliphatic hydroxyl groups excluding tert-OH is 1. The molecule has 4 nitrogen and oxygen atoms in total. The quantitative estimate of drug-likeness (QED) is 0.848. The summed E-state index contributed by atoms with van der Waals surface area (Å²) in [5.74, 6) is 5.86. The van der Waals surface area contributed by atoms with Crippen molar-refractivity contribution in [2.75, 3.05) is 19.7 Å². The van der Waals surface area contributed by atoms with Gasteiger partial charge in [0.2, 0.25) is 10.0 Å². The first-order valence-corrected chi connectivity index (χ1v) is 8.68. The molecule has 0 amide bonds. The lowest BCUT2D eigenvalue weighted by atomic mass is 10.0. The fourth-order valence-electron chi connectivity index (χ4n) is 2.50. The van der Waals surface area contributed by atoms with Crippen molar-refractivity contribution < 1.29 is 13.5 Å². The standard InChI is InChI=1S/C16H21NO3S/c1-14-5-3-10-17(11-9-14)21(19,20)16-8-2-6-15(13-16)7-4-12-18/h2,6,8,13-14,18H,3,5,9-12H2,1H3. The van der Waals surface area contributed by atoms with E-state index < -0.39 is 10.0 Å². The van der Waals surface area contributed by atoms with Gasteiger partial charge in [-0.2, -0.15) is 4.31 Å². The highest BCUT2D eigenvalue weighted by Gasteiger charge is 2.26. The van der Waals surface area contributed by atoms with Gasteiger partial charge in [-0.1, -0.05) is 24.8 Å². The molecule has 1 unspecified atom stereocenters. The maximum atomic E-state index is 12.7. The first-order chi connectivity index (χ1) is 10.0. The van der Waals surface area contributed by atoms with E-state index in [0.717, 1.165) is 19.3 Å². The van der Waals surface area contributed by atoms with E-state index in [1.165, 1.54) is 0 Å². The van der Waals surface area contributed by atoms with Crippen molar-refractivity contribution in [1.82, 2.24) is 4.31 Å². The molecule has 1 aromatic carbocycles. The highest BCUT2D eigenvalue weighted by atomic mass is 32.2. The number of aliphatic hydroxyl groups is 1. The second kappa shape index (κ2) is 7.08. The summed E-state index contributed by atoms with van der Waals surface area (Å²) in [4.78, 5) is 0.279. The zero-order valence-electron chi connectivity index (χ0n) is 12.2. The molecule has 1 aliphatic rings. The summed E-state index contributed by atoms with van der Waals surface area (Å²) in [6, 6.07) is 6.61. The molecule has 1 heterocycles. The highest BCUT2D eigenvalue weighted by molar-refractivity contribution is 7.89. The van der Waals surface area contributed by atoms with Crippen LogP contribution < -0.4 is 0 Å². The molecule has 1 saturated heterocycles. The van der Waals surface area contributed by atoms with Gasteiger partial charge in [0.15, 0.2) is 0 Å². The zero-order chi connectivity index (χ0) is 15.3. The summed E-state index contributed by atoms with van der Waals surface area (Å²) < 4.78 is 27.0. The van der Waals surface area contributed by atoms with Gasteiger partial charge in [0.25, 0.3) is 0 Å². The van der Waals surface area contributed by atoms with Crippen molar-refractivity contribution in [3.05, 3.63) is 29.8 Å². The van der Waals surface area contributed by atoms with Crippen LogP contribution in [-0.2, 0) is 10.0 Å². The van der Waals surface area contributed by atoms with Crippen molar-refractivity contribution in [2.45, 2.75) is 31.1 Å². The lowest BCUT2D eigenvalue weighted by Crippen LogP contribution is -2.32. The van der Waals surface area contributed by atoms with Crippen molar-refractivity contribution >= 4 is 10.0 Å². The van der Waals surface area contributed by atoms with Gasteiger partial charge in [-0.05, 0) is 43.4 Å². The Morgan fingerprint density at radius 2 is 2.14 bits per heavy atom. The molecule has 1 N–H and O–H groups in total. The summed E-state index contributed by atoms with van der Waals surface area (Å²) in [6.45, 7) is 3.09. The third kappa shape index (κ3) is 4.07. The summed E-state index contributed by atoms with van der Waals surface area (Å²) in [5.41, 5.74) is 0.605. The molecule has 0 aliphatic carbocycles. The Hall–Kier alpha value is -1.35. The molecular weight excluding hydrogens is 286 g/mol.